The van der Waals surface area contributed by atoms with Crippen LogP contribution >= 0.6 is 0 Å². The van der Waals surface area contributed by atoms with Crippen LogP contribution in [-0.4, -0.2) is 12.0 Å². The molecule has 0 aliphatic heterocycles. The minimum atomic E-state index is -4.55. The number of hydrogen-bond donors (Lipinski definition) is 1. The Labute approximate surface area is 144 Å². The smallest absolute Gasteiger partial charge is 0.416 e. The van der Waals surface area contributed by atoms with Gasteiger partial charge in [-0.25, -0.2) is 0 Å². The molecule has 0 spiro atoms. The van der Waals surface area contributed by atoms with Crippen molar-refractivity contribution in [1.29, 1.82) is 0 Å². The van der Waals surface area contributed by atoms with Gasteiger partial charge in [-0.15, -0.1) is 0 Å². The van der Waals surface area contributed by atoms with E-state index < -0.39 is 17.6 Å². The number of ether oxygens (including phenoxy) is 1. The maximum Gasteiger partial charge on any atom is 0.416 e. The molecule has 0 saturated heterocycles. The number of carbonyl (C=O) groups excluding carboxylic acids is 1. The van der Waals surface area contributed by atoms with E-state index in [0.717, 1.165) is 6.07 Å². The first-order valence-corrected chi connectivity index (χ1v) is 7.94. The van der Waals surface area contributed by atoms with Crippen molar-refractivity contribution in [2.45, 2.75) is 46.0 Å². The Morgan fingerprint density at radius 1 is 1.24 bits per heavy atom. The molecule has 0 fully saturated rings. The third-order valence-electron chi connectivity index (χ3n) is 3.43. The Bertz CT molecular complexity index is 735. The van der Waals surface area contributed by atoms with E-state index in [-0.39, 0.29) is 29.7 Å². The molecule has 0 aliphatic carbocycles. The van der Waals surface area contributed by atoms with Gasteiger partial charge in [0.25, 0.3) is 5.91 Å². The molecular weight excluding hydrogens is 335 g/mol. The molecule has 0 aliphatic rings. The quantitative estimate of drug-likeness (QED) is 0.825. The lowest BCUT2D eigenvalue weighted by atomic mass is 10.1. The van der Waals surface area contributed by atoms with E-state index in [1.807, 2.05) is 6.92 Å². The van der Waals surface area contributed by atoms with Gasteiger partial charge in [-0.2, -0.15) is 13.2 Å². The van der Waals surface area contributed by atoms with Crippen LogP contribution in [0.2, 0.25) is 0 Å². The Kier molecular flexibility index (Phi) is 5.77. The number of amides is 1. The highest BCUT2D eigenvalue weighted by Gasteiger charge is 2.34. The summed E-state index contributed by atoms with van der Waals surface area (Å²) >= 11 is 0. The fraction of sp³-hybridized carbons (Fsp3) is 0.389. The Balaban J connectivity index is 2.16. The van der Waals surface area contributed by atoms with Crippen LogP contribution in [0.3, 0.4) is 0 Å². The Morgan fingerprint density at radius 3 is 2.52 bits per heavy atom. The highest BCUT2D eigenvalue weighted by Crippen LogP contribution is 2.34. The van der Waals surface area contributed by atoms with E-state index in [2.05, 4.69) is 5.32 Å². The second kappa shape index (κ2) is 7.63. The van der Waals surface area contributed by atoms with Crippen molar-refractivity contribution in [3.8, 4) is 5.75 Å². The van der Waals surface area contributed by atoms with Crippen LogP contribution in [0.15, 0.2) is 34.7 Å². The van der Waals surface area contributed by atoms with Gasteiger partial charge in [-0.3, -0.25) is 4.79 Å². The van der Waals surface area contributed by atoms with E-state index >= 15 is 0 Å². The second-order valence-electron chi connectivity index (χ2n) is 5.79. The molecule has 1 amide bonds. The Hall–Kier alpha value is -2.44. The zero-order valence-electron chi connectivity index (χ0n) is 14.2. The zero-order chi connectivity index (χ0) is 18.6. The molecule has 1 heterocycles. The summed E-state index contributed by atoms with van der Waals surface area (Å²) in [5.41, 5.74) is -0.876. The minimum absolute atomic E-state index is 0.0424. The van der Waals surface area contributed by atoms with Gasteiger partial charge in [0.05, 0.1) is 11.7 Å². The van der Waals surface area contributed by atoms with Gasteiger partial charge in [-0.05, 0) is 43.7 Å². The molecule has 0 radical (unpaired) electrons. The van der Waals surface area contributed by atoms with Crippen molar-refractivity contribution >= 4 is 5.91 Å². The van der Waals surface area contributed by atoms with Gasteiger partial charge in [-0.1, -0.05) is 13.0 Å². The van der Waals surface area contributed by atoms with Gasteiger partial charge in [0.2, 0.25) is 0 Å². The third kappa shape index (κ3) is 5.01. The number of aryl methyl sites for hydroxylation is 1. The molecule has 1 aromatic carbocycles. The molecule has 25 heavy (non-hydrogen) atoms. The maximum absolute atomic E-state index is 13.3. The highest BCUT2D eigenvalue weighted by atomic mass is 19.4. The van der Waals surface area contributed by atoms with Crippen LogP contribution in [-0.2, 0) is 19.1 Å². The first kappa shape index (κ1) is 18.9. The summed E-state index contributed by atoms with van der Waals surface area (Å²) in [6.45, 7) is 5.07. The third-order valence-corrected chi connectivity index (χ3v) is 3.43. The van der Waals surface area contributed by atoms with Crippen LogP contribution < -0.4 is 10.1 Å². The van der Waals surface area contributed by atoms with Crippen molar-refractivity contribution in [3.05, 3.63) is 53.0 Å². The molecule has 7 heteroatoms. The average molecular weight is 355 g/mol. The maximum atomic E-state index is 13.3. The monoisotopic (exact) mass is 355 g/mol. The number of nitrogens with one attached hydrogen (secondary N) is 1. The molecule has 1 N–H and O–H groups in total. The van der Waals surface area contributed by atoms with Gasteiger partial charge in [0.15, 0.2) is 5.76 Å². The van der Waals surface area contributed by atoms with Crippen molar-refractivity contribution in [2.75, 3.05) is 0 Å². The fourth-order valence-corrected chi connectivity index (χ4v) is 2.27. The summed E-state index contributed by atoms with van der Waals surface area (Å²) in [7, 11) is 0. The average Bonchev–Trinajstić information content (AvgIpc) is 3.01. The molecule has 2 rings (SSSR count). The van der Waals surface area contributed by atoms with E-state index in [4.69, 9.17) is 9.15 Å². The molecular formula is C18H20F3NO3. The lowest BCUT2D eigenvalue weighted by molar-refractivity contribution is -0.138. The molecule has 0 atom stereocenters. The zero-order valence-corrected chi connectivity index (χ0v) is 14.2. The van der Waals surface area contributed by atoms with Crippen LogP contribution in [0.5, 0.6) is 5.75 Å². The minimum Gasteiger partial charge on any atom is -0.491 e. The second-order valence-corrected chi connectivity index (χ2v) is 5.79. The first-order valence-electron chi connectivity index (χ1n) is 7.94. The van der Waals surface area contributed by atoms with Gasteiger partial charge in [0.1, 0.15) is 11.5 Å². The Morgan fingerprint density at radius 2 is 1.96 bits per heavy atom. The van der Waals surface area contributed by atoms with E-state index in [0.29, 0.717) is 12.2 Å². The highest BCUT2D eigenvalue weighted by molar-refractivity contribution is 5.91. The summed E-state index contributed by atoms with van der Waals surface area (Å²) in [5, 5.41) is 2.45. The fourth-order valence-electron chi connectivity index (χ4n) is 2.27. The number of halogens is 3. The lowest BCUT2D eigenvalue weighted by Crippen LogP contribution is -2.24. The van der Waals surface area contributed by atoms with Crippen molar-refractivity contribution < 1.29 is 27.1 Å². The molecule has 0 saturated carbocycles. The number of rotatable bonds is 6. The summed E-state index contributed by atoms with van der Waals surface area (Å²) in [5.74, 6) is 0.285. The van der Waals surface area contributed by atoms with Crippen LogP contribution in [0.25, 0.3) is 0 Å². The largest absolute Gasteiger partial charge is 0.491 e. The molecule has 0 unspecified atom stereocenters. The lowest BCUT2D eigenvalue weighted by Gasteiger charge is -2.16. The SMILES string of the molecule is CCc1ccc(C(=O)NCc2ccc(OC(C)C)cc2C(F)(F)F)o1. The molecule has 136 valence electrons. The van der Waals surface area contributed by atoms with Gasteiger partial charge >= 0.3 is 6.18 Å². The van der Waals surface area contributed by atoms with Crippen LogP contribution in [0, 0.1) is 0 Å². The van der Waals surface area contributed by atoms with Crippen LogP contribution in [0.4, 0.5) is 13.2 Å². The predicted molar refractivity (Wildman–Crippen MR) is 86.5 cm³/mol. The van der Waals surface area contributed by atoms with Crippen molar-refractivity contribution in [2.24, 2.45) is 0 Å². The van der Waals surface area contributed by atoms with E-state index in [1.54, 1.807) is 19.9 Å². The summed E-state index contributed by atoms with van der Waals surface area (Å²) in [4.78, 5) is 12.0. The first-order chi connectivity index (χ1) is 11.7. The number of carbonyl (C=O) groups is 1. The number of alkyl halides is 3. The van der Waals surface area contributed by atoms with E-state index in [1.165, 1.54) is 18.2 Å². The molecule has 2 aromatic rings. The molecule has 1 aromatic heterocycles. The standard InChI is InChI=1S/C18H20F3NO3/c1-4-13-7-8-16(25-13)17(23)22-10-12-5-6-14(24-11(2)3)9-15(12)18(19,20)21/h5-9,11H,4,10H2,1-3H3,(H,22,23). The summed E-state index contributed by atoms with van der Waals surface area (Å²) in [6.07, 6.45) is -4.16. The number of furan rings is 1. The van der Waals surface area contributed by atoms with Gasteiger partial charge < -0.3 is 14.5 Å². The molecule has 0 bridgehead atoms. The van der Waals surface area contributed by atoms with Crippen molar-refractivity contribution in [3.63, 3.8) is 0 Å². The van der Waals surface area contributed by atoms with Gasteiger partial charge in [0, 0.05) is 13.0 Å². The molecule has 4 nitrogen and oxygen atoms in total. The number of hydrogen-bond acceptors (Lipinski definition) is 3. The normalized spacial score (nSPS) is 11.6. The number of benzene rings is 1. The predicted octanol–water partition coefficient (Wildman–Crippen LogP) is 4.58. The van der Waals surface area contributed by atoms with E-state index in [9.17, 15) is 18.0 Å². The summed E-state index contributed by atoms with van der Waals surface area (Å²) < 4.78 is 50.4. The topological polar surface area (TPSA) is 51.5 Å². The summed E-state index contributed by atoms with van der Waals surface area (Å²) in [6, 6.07) is 6.87. The van der Waals surface area contributed by atoms with Crippen LogP contribution in [0.1, 0.15) is 48.2 Å². The van der Waals surface area contributed by atoms with Crippen molar-refractivity contribution in [1.82, 2.24) is 5.32 Å².